The van der Waals surface area contributed by atoms with E-state index in [0.717, 1.165) is 0 Å². The van der Waals surface area contributed by atoms with E-state index >= 15 is 0 Å². The Kier molecular flexibility index (Phi) is 1.95. The predicted octanol–water partition coefficient (Wildman–Crippen LogP) is -0.693. The van der Waals surface area contributed by atoms with Crippen molar-refractivity contribution in [1.82, 2.24) is 9.55 Å². The van der Waals surface area contributed by atoms with Gasteiger partial charge in [0.1, 0.15) is 0 Å². The van der Waals surface area contributed by atoms with Crippen molar-refractivity contribution >= 4 is 5.91 Å². The summed E-state index contributed by atoms with van der Waals surface area (Å²) in [5, 5.41) is 7.30. The molecule has 5 nitrogen and oxygen atoms in total. The number of carbonyl (C=O) groups excluding carboxylic acids is 1. The van der Waals surface area contributed by atoms with Crippen molar-refractivity contribution in [2.75, 3.05) is 0 Å². The Labute approximate surface area is 69.4 Å². The fraction of sp³-hybridized carbons (Fsp3) is 0.286. The van der Waals surface area contributed by atoms with E-state index in [-0.39, 0.29) is 5.62 Å². The molecule has 0 saturated heterocycles. The highest BCUT2D eigenvalue weighted by atomic mass is 16.1. The van der Waals surface area contributed by atoms with E-state index in [9.17, 15) is 4.79 Å². The average Bonchev–Trinajstić information content (AvgIpc) is 1.96. The Bertz CT molecular complexity index is 379. The molecule has 5 heteroatoms. The number of hydrogen-bond acceptors (Lipinski definition) is 3. The van der Waals surface area contributed by atoms with Crippen LogP contribution in [0.5, 0.6) is 0 Å². The monoisotopic (exact) mass is 166 g/mol. The third kappa shape index (κ3) is 1.34. The van der Waals surface area contributed by atoms with E-state index in [2.05, 4.69) is 4.98 Å². The number of rotatable bonds is 1. The summed E-state index contributed by atoms with van der Waals surface area (Å²) in [6, 6.07) is 0. The average molecular weight is 166 g/mol. The van der Waals surface area contributed by atoms with Crippen molar-refractivity contribution in [3.63, 3.8) is 0 Å². The minimum Gasteiger partial charge on any atom is -0.365 e. The smallest absolute Gasteiger partial charge is 0.252 e. The van der Waals surface area contributed by atoms with Crippen molar-refractivity contribution in [1.29, 1.82) is 5.41 Å². The summed E-state index contributed by atoms with van der Waals surface area (Å²) in [5.74, 6) is -0.518. The van der Waals surface area contributed by atoms with Gasteiger partial charge in [0, 0.05) is 13.2 Å². The number of nitrogens with one attached hydrogen (secondary N) is 1. The van der Waals surface area contributed by atoms with Gasteiger partial charge in [0.05, 0.1) is 11.3 Å². The minimum atomic E-state index is -0.518. The summed E-state index contributed by atoms with van der Waals surface area (Å²) in [7, 11) is 1.64. The minimum absolute atomic E-state index is 0.109. The van der Waals surface area contributed by atoms with Gasteiger partial charge in [-0.2, -0.15) is 0 Å². The van der Waals surface area contributed by atoms with Crippen LogP contribution in [-0.4, -0.2) is 15.5 Å². The van der Waals surface area contributed by atoms with Crippen molar-refractivity contribution < 1.29 is 4.79 Å². The highest BCUT2D eigenvalue weighted by Crippen LogP contribution is 1.98. The molecule has 1 aromatic rings. The summed E-state index contributed by atoms with van der Waals surface area (Å²) >= 11 is 0. The van der Waals surface area contributed by atoms with E-state index in [0.29, 0.717) is 11.3 Å². The van der Waals surface area contributed by atoms with Crippen LogP contribution in [0.4, 0.5) is 0 Å². The highest BCUT2D eigenvalue weighted by molar-refractivity contribution is 5.93. The third-order valence-corrected chi connectivity index (χ3v) is 1.59. The van der Waals surface area contributed by atoms with Crippen molar-refractivity contribution in [3.05, 3.63) is 23.1 Å². The summed E-state index contributed by atoms with van der Waals surface area (Å²) < 4.78 is 1.44. The van der Waals surface area contributed by atoms with Crippen LogP contribution in [0.2, 0.25) is 0 Å². The predicted molar refractivity (Wildman–Crippen MR) is 42.3 cm³/mol. The number of hydrogen-bond donors (Lipinski definition) is 2. The Balaban J connectivity index is 3.43. The van der Waals surface area contributed by atoms with Crippen LogP contribution in [0.15, 0.2) is 6.20 Å². The molecule has 1 heterocycles. The van der Waals surface area contributed by atoms with Crippen molar-refractivity contribution in [2.24, 2.45) is 12.8 Å². The molecule has 0 aliphatic rings. The first-order chi connectivity index (χ1) is 5.52. The van der Waals surface area contributed by atoms with Crippen molar-refractivity contribution in [3.8, 4) is 0 Å². The molecule has 64 valence electrons. The standard InChI is InChI=1S/C7H10N4O/c1-4-5(6(8)12)3-11(2)7(9)10-4/h3,9H,1-2H3,(H2,8,12). The molecule has 3 N–H and O–H groups in total. The van der Waals surface area contributed by atoms with Gasteiger partial charge in [0.15, 0.2) is 0 Å². The molecule has 1 rings (SSSR count). The number of aromatic nitrogens is 2. The molecule has 1 amide bonds. The van der Waals surface area contributed by atoms with Crippen molar-refractivity contribution in [2.45, 2.75) is 6.92 Å². The van der Waals surface area contributed by atoms with Gasteiger partial charge in [-0.05, 0) is 6.92 Å². The Morgan fingerprint density at radius 1 is 1.75 bits per heavy atom. The number of nitrogens with two attached hydrogens (primary N) is 1. The number of primary amides is 1. The van der Waals surface area contributed by atoms with E-state index in [1.54, 1.807) is 14.0 Å². The molecule has 1 aromatic heterocycles. The second-order valence-corrected chi connectivity index (χ2v) is 2.54. The van der Waals surface area contributed by atoms with Crippen LogP contribution in [0.3, 0.4) is 0 Å². The zero-order valence-electron chi connectivity index (χ0n) is 6.96. The molecule has 0 unspecified atom stereocenters. The fourth-order valence-electron chi connectivity index (χ4n) is 0.888. The lowest BCUT2D eigenvalue weighted by molar-refractivity contribution is 0.0998. The molecule has 0 saturated carbocycles. The van der Waals surface area contributed by atoms with E-state index in [1.807, 2.05) is 0 Å². The number of carbonyl (C=O) groups is 1. The van der Waals surface area contributed by atoms with Gasteiger partial charge in [0.25, 0.3) is 5.91 Å². The molecule has 0 radical (unpaired) electrons. The van der Waals surface area contributed by atoms with Gasteiger partial charge in [-0.25, -0.2) is 4.98 Å². The molecule has 0 aromatic carbocycles. The second-order valence-electron chi connectivity index (χ2n) is 2.54. The van der Waals surface area contributed by atoms with Crippen LogP contribution in [0, 0.1) is 12.3 Å². The molecule has 0 spiro atoms. The fourth-order valence-corrected chi connectivity index (χ4v) is 0.888. The van der Waals surface area contributed by atoms with Gasteiger partial charge in [0.2, 0.25) is 5.62 Å². The van der Waals surface area contributed by atoms with Gasteiger partial charge >= 0.3 is 0 Å². The first kappa shape index (κ1) is 8.45. The summed E-state index contributed by atoms with van der Waals surface area (Å²) in [6.07, 6.45) is 1.51. The zero-order chi connectivity index (χ0) is 9.30. The second kappa shape index (κ2) is 2.77. The largest absolute Gasteiger partial charge is 0.365 e. The summed E-state index contributed by atoms with van der Waals surface area (Å²) in [6.45, 7) is 1.65. The first-order valence-electron chi connectivity index (χ1n) is 3.41. The zero-order valence-corrected chi connectivity index (χ0v) is 6.96. The third-order valence-electron chi connectivity index (χ3n) is 1.59. The summed E-state index contributed by atoms with van der Waals surface area (Å²) in [5.41, 5.74) is 6.04. The molecule has 0 aliphatic carbocycles. The molecule has 0 aliphatic heterocycles. The van der Waals surface area contributed by atoms with Gasteiger partial charge in [-0.3, -0.25) is 10.2 Å². The topological polar surface area (TPSA) is 84.8 Å². The van der Waals surface area contributed by atoms with E-state index in [1.165, 1.54) is 10.8 Å². The maximum atomic E-state index is 10.8. The SMILES string of the molecule is Cc1nc(=N)n(C)cc1C(N)=O. The molecule has 0 bridgehead atoms. The van der Waals surface area contributed by atoms with Gasteiger partial charge in [-0.15, -0.1) is 0 Å². The van der Waals surface area contributed by atoms with E-state index < -0.39 is 5.91 Å². The maximum Gasteiger partial charge on any atom is 0.252 e. The number of amides is 1. The van der Waals surface area contributed by atoms with E-state index in [4.69, 9.17) is 11.1 Å². The van der Waals surface area contributed by atoms with Crippen LogP contribution in [-0.2, 0) is 7.05 Å². The lowest BCUT2D eigenvalue weighted by Crippen LogP contribution is -2.25. The van der Waals surface area contributed by atoms with Crippen LogP contribution < -0.4 is 11.4 Å². The number of nitrogens with zero attached hydrogens (tertiary/aromatic N) is 2. The quantitative estimate of drug-likeness (QED) is 0.578. The van der Waals surface area contributed by atoms with Crippen LogP contribution >= 0.6 is 0 Å². The lowest BCUT2D eigenvalue weighted by atomic mass is 10.2. The molecule has 12 heavy (non-hydrogen) atoms. The Hall–Kier alpha value is -1.65. The number of aryl methyl sites for hydroxylation is 2. The Morgan fingerprint density at radius 2 is 2.33 bits per heavy atom. The molecular formula is C7H10N4O. The van der Waals surface area contributed by atoms with Crippen LogP contribution in [0.25, 0.3) is 0 Å². The lowest BCUT2D eigenvalue weighted by Gasteiger charge is -2.03. The van der Waals surface area contributed by atoms with Crippen LogP contribution in [0.1, 0.15) is 16.1 Å². The maximum absolute atomic E-state index is 10.8. The molecule has 0 fully saturated rings. The molecule has 0 atom stereocenters. The highest BCUT2D eigenvalue weighted by Gasteiger charge is 2.06. The summed E-state index contributed by atoms with van der Waals surface area (Å²) in [4.78, 5) is 14.6. The van der Waals surface area contributed by atoms with Gasteiger partial charge in [-0.1, -0.05) is 0 Å². The Morgan fingerprint density at radius 3 is 2.83 bits per heavy atom. The first-order valence-corrected chi connectivity index (χ1v) is 3.41. The molecular weight excluding hydrogens is 156 g/mol. The normalized spacial score (nSPS) is 9.83. The van der Waals surface area contributed by atoms with Gasteiger partial charge < -0.3 is 10.3 Å².